The molecule has 2 unspecified atom stereocenters. The van der Waals surface area contributed by atoms with Crippen LogP contribution in [-0.4, -0.2) is 32.4 Å². The molecule has 2 aromatic rings. The van der Waals surface area contributed by atoms with Crippen LogP contribution in [-0.2, 0) is 4.74 Å². The van der Waals surface area contributed by atoms with Crippen molar-refractivity contribution in [3.8, 4) is 0 Å². The highest BCUT2D eigenvalue weighted by Gasteiger charge is 2.25. The first-order valence-corrected chi connectivity index (χ1v) is 7.47. The minimum Gasteiger partial charge on any atom is -0.383 e. The van der Waals surface area contributed by atoms with E-state index >= 15 is 0 Å². The first-order valence-electron chi connectivity index (χ1n) is 7.47. The van der Waals surface area contributed by atoms with Crippen molar-refractivity contribution in [1.29, 1.82) is 0 Å². The first-order chi connectivity index (χ1) is 10.5. The molecule has 6 nitrogen and oxygen atoms in total. The highest BCUT2D eigenvalue weighted by Crippen LogP contribution is 2.34. The van der Waals surface area contributed by atoms with Crippen LogP contribution in [0.4, 0.5) is 5.82 Å². The number of nitrogens with one attached hydrogen (secondary N) is 1. The quantitative estimate of drug-likeness (QED) is 0.909. The summed E-state index contributed by atoms with van der Waals surface area (Å²) in [5.74, 6) is 0.709. The van der Waals surface area contributed by atoms with Crippen LogP contribution in [0.5, 0.6) is 0 Å². The van der Waals surface area contributed by atoms with Crippen molar-refractivity contribution in [2.24, 2.45) is 5.92 Å². The highest BCUT2D eigenvalue weighted by atomic mass is 16.5. The number of aromatic nitrogens is 4. The van der Waals surface area contributed by atoms with E-state index in [0.717, 1.165) is 16.7 Å². The average molecular weight is 299 g/mol. The normalized spacial score (nSPS) is 22.0. The van der Waals surface area contributed by atoms with Crippen molar-refractivity contribution >= 4 is 22.4 Å². The molecule has 1 aliphatic carbocycles. The predicted molar refractivity (Wildman–Crippen MR) is 87.0 cm³/mol. The third kappa shape index (κ3) is 2.50. The largest absolute Gasteiger partial charge is 0.383 e. The van der Waals surface area contributed by atoms with E-state index in [1.165, 1.54) is 11.9 Å². The molecule has 2 aromatic heterocycles. The number of aromatic amines is 1. The summed E-state index contributed by atoms with van der Waals surface area (Å²) in [7, 11) is 0. The summed E-state index contributed by atoms with van der Waals surface area (Å²) in [5, 5.41) is 8.02. The number of hydrogen-bond acceptors (Lipinski definition) is 5. The van der Waals surface area contributed by atoms with Crippen molar-refractivity contribution in [3.63, 3.8) is 0 Å². The van der Waals surface area contributed by atoms with Crippen LogP contribution < -0.4 is 5.73 Å². The van der Waals surface area contributed by atoms with Gasteiger partial charge in [0.25, 0.3) is 0 Å². The second-order valence-electron chi connectivity index (χ2n) is 6.03. The molecule has 0 fully saturated rings. The zero-order valence-electron chi connectivity index (χ0n) is 13.3. The van der Waals surface area contributed by atoms with E-state index < -0.39 is 0 Å². The summed E-state index contributed by atoms with van der Waals surface area (Å²) in [6, 6.07) is 0. The second kappa shape index (κ2) is 5.53. The molecule has 0 radical (unpaired) electrons. The number of anilines is 1. The van der Waals surface area contributed by atoms with Crippen LogP contribution in [0.1, 0.15) is 33.4 Å². The molecule has 0 saturated heterocycles. The third-order valence-electron chi connectivity index (χ3n) is 3.84. The Hall–Kier alpha value is -2.21. The van der Waals surface area contributed by atoms with Gasteiger partial charge in [-0.15, -0.1) is 0 Å². The Labute approximate surface area is 129 Å². The smallest absolute Gasteiger partial charge is 0.186 e. The molecule has 1 aliphatic rings. The molecule has 116 valence electrons. The van der Waals surface area contributed by atoms with Crippen LogP contribution >= 0.6 is 0 Å². The van der Waals surface area contributed by atoms with E-state index in [1.807, 2.05) is 0 Å². The molecule has 22 heavy (non-hydrogen) atoms. The summed E-state index contributed by atoms with van der Waals surface area (Å²) in [4.78, 5) is 8.21. The molecule has 3 N–H and O–H groups in total. The molecule has 0 spiro atoms. The Morgan fingerprint density at radius 3 is 2.77 bits per heavy atom. The van der Waals surface area contributed by atoms with E-state index in [0.29, 0.717) is 11.5 Å². The van der Waals surface area contributed by atoms with Gasteiger partial charge in [0.05, 0.1) is 23.3 Å². The number of nitrogen functional groups attached to an aromatic ring is 1. The van der Waals surface area contributed by atoms with Gasteiger partial charge in [0.2, 0.25) is 0 Å². The molecule has 0 aliphatic heterocycles. The maximum Gasteiger partial charge on any atom is 0.186 e. The number of rotatable bonds is 3. The molecule has 3 rings (SSSR count). The molecule has 0 saturated carbocycles. The van der Waals surface area contributed by atoms with Gasteiger partial charge in [0.1, 0.15) is 12.1 Å². The fourth-order valence-electron chi connectivity index (χ4n) is 2.93. The summed E-state index contributed by atoms with van der Waals surface area (Å²) < 4.78 is 6.00. The number of hydrogen-bond donors (Lipinski definition) is 2. The Morgan fingerprint density at radius 2 is 2.09 bits per heavy atom. The summed E-state index contributed by atoms with van der Waals surface area (Å²) in [5.41, 5.74) is 9.68. The number of ether oxygens (including phenoxy) is 1. The van der Waals surface area contributed by atoms with Gasteiger partial charge < -0.3 is 10.5 Å². The number of nitrogens with two attached hydrogens (primary N) is 1. The fourth-order valence-corrected chi connectivity index (χ4v) is 2.93. The second-order valence-corrected chi connectivity index (χ2v) is 6.03. The zero-order valence-corrected chi connectivity index (χ0v) is 13.3. The lowest BCUT2D eigenvalue weighted by Gasteiger charge is -2.29. The van der Waals surface area contributed by atoms with Gasteiger partial charge in [-0.3, -0.25) is 5.10 Å². The van der Waals surface area contributed by atoms with Crippen molar-refractivity contribution in [2.75, 3.05) is 5.73 Å². The molecule has 6 heteroatoms. The van der Waals surface area contributed by atoms with Gasteiger partial charge in [-0.2, -0.15) is 5.10 Å². The predicted octanol–water partition coefficient (Wildman–Crippen LogP) is 2.71. The van der Waals surface area contributed by atoms with Crippen molar-refractivity contribution in [2.45, 2.75) is 39.9 Å². The third-order valence-corrected chi connectivity index (χ3v) is 3.84. The van der Waals surface area contributed by atoms with Crippen LogP contribution in [0, 0.1) is 5.92 Å². The monoisotopic (exact) mass is 299 g/mol. The SMILES string of the molecule is CC1=CC(c2[nH]nc3ncnc(N)c23)=CC(C)C1OC(C)C. The lowest BCUT2D eigenvalue weighted by Crippen LogP contribution is -2.27. The summed E-state index contributed by atoms with van der Waals surface area (Å²) in [6.45, 7) is 8.36. The maximum absolute atomic E-state index is 6.00. The number of nitrogens with zero attached hydrogens (tertiary/aromatic N) is 3. The van der Waals surface area contributed by atoms with Gasteiger partial charge in [-0.25, -0.2) is 9.97 Å². The Kier molecular flexibility index (Phi) is 3.70. The molecule has 2 heterocycles. The molecule has 0 amide bonds. The molecular formula is C16H21N5O. The highest BCUT2D eigenvalue weighted by molar-refractivity contribution is 5.97. The summed E-state index contributed by atoms with van der Waals surface area (Å²) in [6.07, 6.45) is 6.02. The topological polar surface area (TPSA) is 89.7 Å². The minimum absolute atomic E-state index is 0.103. The van der Waals surface area contributed by atoms with Gasteiger partial charge in [0.15, 0.2) is 5.65 Å². The Balaban J connectivity index is 2.02. The Bertz CT molecular complexity index is 759. The van der Waals surface area contributed by atoms with E-state index in [9.17, 15) is 0 Å². The average Bonchev–Trinajstić information content (AvgIpc) is 2.88. The lowest BCUT2D eigenvalue weighted by molar-refractivity contribution is 0.00961. The van der Waals surface area contributed by atoms with Gasteiger partial charge in [0, 0.05) is 5.92 Å². The lowest BCUT2D eigenvalue weighted by atomic mass is 9.87. The minimum atomic E-state index is 0.103. The molecule has 2 atom stereocenters. The Morgan fingerprint density at radius 1 is 1.32 bits per heavy atom. The van der Waals surface area contributed by atoms with Crippen molar-refractivity contribution in [1.82, 2.24) is 20.2 Å². The van der Waals surface area contributed by atoms with E-state index in [-0.39, 0.29) is 18.1 Å². The number of H-pyrrole nitrogens is 1. The zero-order chi connectivity index (χ0) is 15.9. The van der Waals surface area contributed by atoms with Gasteiger partial charge >= 0.3 is 0 Å². The first kappa shape index (κ1) is 14.7. The summed E-state index contributed by atoms with van der Waals surface area (Å²) >= 11 is 0. The number of allylic oxidation sites excluding steroid dienone is 2. The van der Waals surface area contributed by atoms with E-state index in [1.54, 1.807) is 0 Å². The maximum atomic E-state index is 6.00. The molecular weight excluding hydrogens is 278 g/mol. The van der Waals surface area contributed by atoms with Crippen molar-refractivity contribution < 1.29 is 4.74 Å². The molecule has 0 bridgehead atoms. The fraction of sp³-hybridized carbons (Fsp3) is 0.438. The van der Waals surface area contributed by atoms with Crippen LogP contribution in [0.2, 0.25) is 0 Å². The van der Waals surface area contributed by atoms with Crippen molar-refractivity contribution in [3.05, 3.63) is 29.7 Å². The van der Waals surface area contributed by atoms with Crippen LogP contribution in [0.15, 0.2) is 24.1 Å². The van der Waals surface area contributed by atoms with Gasteiger partial charge in [-0.1, -0.05) is 19.1 Å². The van der Waals surface area contributed by atoms with Gasteiger partial charge in [-0.05, 0) is 31.9 Å². The van der Waals surface area contributed by atoms with Crippen LogP contribution in [0.25, 0.3) is 16.6 Å². The number of fused-ring (bicyclic) bond motifs is 1. The molecule has 0 aromatic carbocycles. The van der Waals surface area contributed by atoms with Crippen LogP contribution in [0.3, 0.4) is 0 Å². The van der Waals surface area contributed by atoms with E-state index in [4.69, 9.17) is 10.5 Å². The van der Waals surface area contributed by atoms with E-state index in [2.05, 4.69) is 60.0 Å². The standard InChI is InChI=1S/C16H21N5O/c1-8(2)22-14-9(3)5-11(6-10(14)4)13-12-15(17)18-7-19-16(12)21-20-13/h5-9,14H,1-4H3,(H3,17,18,19,20,21).